The molecule has 0 bridgehead atoms. The van der Waals surface area contributed by atoms with E-state index in [0.29, 0.717) is 11.4 Å². The topological polar surface area (TPSA) is 56.2 Å². The standard InChI is InChI=1S/C32H21F3N4O/c33-32(34,35)39(36)31(40)20-17-21(37-27-13-5-1-9-23(27)24-10-2-6-14-28(24)37)19-22(18-20)38-29-15-7-3-11-25(29)26-12-4-8-16-30(26)38/h1-19H,36H2. The number of aromatic nitrogens is 2. The van der Waals surface area contributed by atoms with Crippen LogP contribution in [0.4, 0.5) is 13.2 Å². The highest BCUT2D eigenvalue weighted by molar-refractivity contribution is 6.11. The summed E-state index contributed by atoms with van der Waals surface area (Å²) in [5.74, 6) is 3.92. The zero-order valence-electron chi connectivity index (χ0n) is 20.9. The fourth-order valence-corrected chi connectivity index (χ4v) is 5.63. The molecule has 0 radical (unpaired) electrons. The summed E-state index contributed by atoms with van der Waals surface area (Å²) in [6.45, 7) is 0. The third-order valence-electron chi connectivity index (χ3n) is 7.32. The molecule has 0 saturated carbocycles. The number of benzene rings is 5. The first kappa shape index (κ1) is 24.0. The van der Waals surface area contributed by atoms with E-state index in [1.165, 1.54) is 12.1 Å². The summed E-state index contributed by atoms with van der Waals surface area (Å²) in [5, 5.41) is 3.29. The zero-order valence-corrected chi connectivity index (χ0v) is 20.9. The molecule has 0 aliphatic heterocycles. The summed E-state index contributed by atoms with van der Waals surface area (Å²) >= 11 is 0. The van der Waals surface area contributed by atoms with Crippen molar-refractivity contribution in [1.82, 2.24) is 14.1 Å². The molecule has 0 aliphatic rings. The van der Waals surface area contributed by atoms with Crippen LogP contribution in [-0.2, 0) is 0 Å². The van der Waals surface area contributed by atoms with E-state index < -0.39 is 17.2 Å². The number of alkyl halides is 3. The van der Waals surface area contributed by atoms with Crippen molar-refractivity contribution >= 4 is 49.5 Å². The molecule has 8 heteroatoms. The Morgan fingerprint density at radius 3 is 1.23 bits per heavy atom. The molecule has 5 aromatic carbocycles. The normalized spacial score (nSPS) is 12.1. The fraction of sp³-hybridized carbons (Fsp3) is 0.0312. The Labute approximate surface area is 226 Å². The van der Waals surface area contributed by atoms with Gasteiger partial charge in [0.05, 0.1) is 22.1 Å². The molecule has 0 aliphatic carbocycles. The van der Waals surface area contributed by atoms with E-state index in [1.807, 2.05) is 112 Å². The average Bonchev–Trinajstić information content (AvgIpc) is 3.49. The maximum atomic E-state index is 13.5. The molecular weight excluding hydrogens is 513 g/mol. The number of nitrogens with two attached hydrogens (primary N) is 1. The van der Waals surface area contributed by atoms with Crippen LogP contribution in [0.5, 0.6) is 0 Å². The average molecular weight is 535 g/mol. The Morgan fingerprint density at radius 2 is 0.900 bits per heavy atom. The lowest BCUT2D eigenvalue weighted by Gasteiger charge is -2.21. The van der Waals surface area contributed by atoms with Gasteiger partial charge in [-0.15, -0.1) is 13.2 Å². The number of hydrogen-bond acceptors (Lipinski definition) is 2. The molecule has 196 valence electrons. The molecule has 2 aromatic heterocycles. The lowest BCUT2D eigenvalue weighted by atomic mass is 10.1. The smallest absolute Gasteiger partial charge is 0.309 e. The van der Waals surface area contributed by atoms with Gasteiger partial charge in [0.1, 0.15) is 0 Å². The summed E-state index contributed by atoms with van der Waals surface area (Å²) < 4.78 is 44.5. The second kappa shape index (κ2) is 8.72. The van der Waals surface area contributed by atoms with Crippen LogP contribution in [0.1, 0.15) is 10.4 Å². The molecule has 0 unspecified atom stereocenters. The minimum Gasteiger partial charge on any atom is -0.309 e. The van der Waals surface area contributed by atoms with Crippen LogP contribution in [0.2, 0.25) is 0 Å². The quantitative estimate of drug-likeness (QED) is 0.109. The molecule has 40 heavy (non-hydrogen) atoms. The molecule has 1 amide bonds. The molecule has 5 nitrogen and oxygen atoms in total. The van der Waals surface area contributed by atoms with Crippen molar-refractivity contribution in [3.8, 4) is 11.4 Å². The SMILES string of the molecule is NN(C(=O)c1cc(-n2c3ccccc3c3ccccc32)cc(-n2c3ccccc3c3ccccc32)c1)C(F)(F)F. The van der Waals surface area contributed by atoms with Gasteiger partial charge in [0.25, 0.3) is 5.91 Å². The van der Waals surface area contributed by atoms with Crippen molar-refractivity contribution in [2.75, 3.05) is 0 Å². The van der Waals surface area contributed by atoms with Crippen LogP contribution in [0, 0.1) is 0 Å². The van der Waals surface area contributed by atoms with Gasteiger partial charge in [0, 0.05) is 38.5 Å². The van der Waals surface area contributed by atoms with Gasteiger partial charge in [-0.25, -0.2) is 5.84 Å². The number of nitrogens with zero attached hydrogens (tertiary/aromatic N) is 3. The maximum Gasteiger partial charge on any atom is 0.501 e. The molecule has 7 rings (SSSR count). The largest absolute Gasteiger partial charge is 0.501 e. The highest BCUT2D eigenvalue weighted by Gasteiger charge is 2.39. The van der Waals surface area contributed by atoms with Crippen molar-refractivity contribution in [3.05, 3.63) is 121 Å². The van der Waals surface area contributed by atoms with E-state index in [4.69, 9.17) is 5.84 Å². The van der Waals surface area contributed by atoms with Crippen LogP contribution in [0.25, 0.3) is 55.0 Å². The zero-order chi connectivity index (χ0) is 27.6. The molecule has 2 heterocycles. The number of halogens is 3. The van der Waals surface area contributed by atoms with Gasteiger partial charge in [-0.05, 0) is 42.5 Å². The van der Waals surface area contributed by atoms with E-state index in [0.717, 1.165) is 43.6 Å². The van der Waals surface area contributed by atoms with Crippen LogP contribution < -0.4 is 5.84 Å². The van der Waals surface area contributed by atoms with Gasteiger partial charge in [-0.1, -0.05) is 72.8 Å². The highest BCUT2D eigenvalue weighted by atomic mass is 19.4. The third kappa shape index (κ3) is 3.57. The van der Waals surface area contributed by atoms with E-state index in [2.05, 4.69) is 0 Å². The summed E-state index contributed by atoms with van der Waals surface area (Å²) in [7, 11) is 0. The van der Waals surface area contributed by atoms with Gasteiger partial charge < -0.3 is 9.13 Å². The van der Waals surface area contributed by atoms with Crippen LogP contribution >= 0.6 is 0 Å². The van der Waals surface area contributed by atoms with E-state index >= 15 is 0 Å². The monoisotopic (exact) mass is 534 g/mol. The van der Waals surface area contributed by atoms with Crippen molar-refractivity contribution in [1.29, 1.82) is 0 Å². The fourth-order valence-electron chi connectivity index (χ4n) is 5.63. The van der Waals surface area contributed by atoms with Gasteiger partial charge >= 0.3 is 6.30 Å². The molecule has 0 spiro atoms. The van der Waals surface area contributed by atoms with E-state index in [9.17, 15) is 18.0 Å². The Hall–Kier alpha value is -5.08. The minimum atomic E-state index is -5.03. The molecule has 2 N–H and O–H groups in total. The van der Waals surface area contributed by atoms with Crippen LogP contribution in [0.15, 0.2) is 115 Å². The summed E-state index contributed by atoms with van der Waals surface area (Å²) in [6.07, 6.45) is -5.03. The van der Waals surface area contributed by atoms with Gasteiger partial charge in [0.2, 0.25) is 0 Å². The first-order valence-corrected chi connectivity index (χ1v) is 12.6. The highest BCUT2D eigenvalue weighted by Crippen LogP contribution is 2.36. The Balaban J connectivity index is 1.59. The molecular formula is C32H21F3N4O. The second-order valence-corrected chi connectivity index (χ2v) is 9.62. The van der Waals surface area contributed by atoms with E-state index in [-0.39, 0.29) is 5.56 Å². The van der Waals surface area contributed by atoms with Crippen molar-refractivity contribution < 1.29 is 18.0 Å². The number of carbonyl (C=O) groups is 1. The Morgan fingerprint density at radius 1 is 0.575 bits per heavy atom. The first-order valence-electron chi connectivity index (χ1n) is 12.6. The number of rotatable bonds is 3. The van der Waals surface area contributed by atoms with Gasteiger partial charge in [-0.2, -0.15) is 5.01 Å². The molecule has 7 aromatic rings. The minimum absolute atomic E-state index is 0.184. The number of fused-ring (bicyclic) bond motifs is 6. The van der Waals surface area contributed by atoms with Gasteiger partial charge in [-0.3, -0.25) is 4.79 Å². The lowest BCUT2D eigenvalue weighted by molar-refractivity contribution is -0.226. The number of hydrazine groups is 1. The number of hydrogen-bond donors (Lipinski definition) is 1. The number of amides is 1. The summed E-state index contributed by atoms with van der Waals surface area (Å²) in [5.41, 5.74) is 4.34. The molecule has 0 atom stereocenters. The Bertz CT molecular complexity index is 1870. The Kier molecular flexibility index (Phi) is 5.23. The summed E-state index contributed by atoms with van der Waals surface area (Å²) in [6, 6.07) is 36.0. The number of para-hydroxylation sites is 4. The second-order valence-electron chi connectivity index (χ2n) is 9.62. The summed E-state index contributed by atoms with van der Waals surface area (Å²) in [4.78, 5) is 13.2. The maximum absolute atomic E-state index is 13.5. The first-order chi connectivity index (χ1) is 19.3. The molecule has 0 saturated heterocycles. The number of carbonyl (C=O) groups excluding carboxylic acids is 1. The molecule has 0 fully saturated rings. The van der Waals surface area contributed by atoms with Crippen molar-refractivity contribution in [2.45, 2.75) is 6.30 Å². The lowest BCUT2D eigenvalue weighted by Crippen LogP contribution is -2.48. The van der Waals surface area contributed by atoms with Gasteiger partial charge in [0.15, 0.2) is 0 Å². The third-order valence-corrected chi connectivity index (χ3v) is 7.32. The van der Waals surface area contributed by atoms with Crippen molar-refractivity contribution in [2.24, 2.45) is 5.84 Å². The predicted octanol–water partition coefficient (Wildman–Crippen LogP) is 7.72. The van der Waals surface area contributed by atoms with E-state index in [1.54, 1.807) is 0 Å². The van der Waals surface area contributed by atoms with Crippen molar-refractivity contribution in [3.63, 3.8) is 0 Å². The van der Waals surface area contributed by atoms with Crippen LogP contribution in [0.3, 0.4) is 0 Å². The van der Waals surface area contributed by atoms with Crippen LogP contribution in [-0.4, -0.2) is 26.4 Å². The predicted molar refractivity (Wildman–Crippen MR) is 152 cm³/mol.